The summed E-state index contributed by atoms with van der Waals surface area (Å²) in [6, 6.07) is 5.05. The Bertz CT molecular complexity index is 625. The number of hydrogen-bond donors (Lipinski definition) is 1. The van der Waals surface area contributed by atoms with Crippen LogP contribution in [0.2, 0.25) is 10.0 Å². The van der Waals surface area contributed by atoms with E-state index in [1.165, 1.54) is 19.3 Å². The standard InChI is InChI=1S/C19H23Cl2NO2/c1-11(24-17-3-2-15(20)7-16(17)21)18(23)22-19-8-12-4-13(9-19)6-14(5-12)10-19/h2-3,7,11-14H,4-6,8-10H2,1H3,(H,22,23)/t11-,12?,13?,14?,19?/m0/s1. The molecular formula is C19H23Cl2NO2. The quantitative estimate of drug-likeness (QED) is 0.825. The molecule has 1 aromatic carbocycles. The van der Waals surface area contributed by atoms with Crippen LogP contribution in [-0.2, 0) is 4.79 Å². The minimum Gasteiger partial charge on any atom is -0.479 e. The van der Waals surface area contributed by atoms with Gasteiger partial charge in [-0.3, -0.25) is 4.79 Å². The lowest BCUT2D eigenvalue weighted by Gasteiger charge is -2.57. The van der Waals surface area contributed by atoms with Gasteiger partial charge in [-0.15, -0.1) is 0 Å². The van der Waals surface area contributed by atoms with E-state index in [1.807, 2.05) is 0 Å². The molecule has 0 spiro atoms. The van der Waals surface area contributed by atoms with Crippen molar-refractivity contribution in [2.24, 2.45) is 17.8 Å². The van der Waals surface area contributed by atoms with E-state index < -0.39 is 6.10 Å². The highest BCUT2D eigenvalue weighted by Gasteiger charge is 2.51. The first-order valence-electron chi connectivity index (χ1n) is 8.86. The van der Waals surface area contributed by atoms with E-state index in [4.69, 9.17) is 27.9 Å². The van der Waals surface area contributed by atoms with Gasteiger partial charge in [0, 0.05) is 10.6 Å². The van der Waals surface area contributed by atoms with Crippen LogP contribution in [-0.4, -0.2) is 17.6 Å². The van der Waals surface area contributed by atoms with Crippen LogP contribution in [0.3, 0.4) is 0 Å². The maximum Gasteiger partial charge on any atom is 0.261 e. The van der Waals surface area contributed by atoms with Crippen molar-refractivity contribution in [3.05, 3.63) is 28.2 Å². The predicted octanol–water partition coefficient (Wildman–Crippen LogP) is 4.85. The van der Waals surface area contributed by atoms with Gasteiger partial charge in [0.05, 0.1) is 5.02 Å². The van der Waals surface area contributed by atoms with Crippen LogP contribution >= 0.6 is 23.2 Å². The summed E-state index contributed by atoms with van der Waals surface area (Å²) in [6.45, 7) is 1.78. The first-order chi connectivity index (χ1) is 11.4. The van der Waals surface area contributed by atoms with Gasteiger partial charge in [-0.05, 0) is 81.4 Å². The van der Waals surface area contributed by atoms with Gasteiger partial charge in [0.25, 0.3) is 5.91 Å². The fourth-order valence-corrected chi connectivity index (χ4v) is 5.89. The van der Waals surface area contributed by atoms with E-state index >= 15 is 0 Å². The lowest BCUT2D eigenvalue weighted by atomic mass is 9.53. The highest BCUT2D eigenvalue weighted by atomic mass is 35.5. The Balaban J connectivity index is 1.42. The molecule has 3 nitrogen and oxygen atoms in total. The SMILES string of the molecule is C[C@H](Oc1ccc(Cl)cc1Cl)C(=O)NC12CC3CC(CC(C3)C1)C2. The molecule has 4 fully saturated rings. The Labute approximate surface area is 153 Å². The molecule has 1 N–H and O–H groups in total. The zero-order valence-electron chi connectivity index (χ0n) is 13.9. The monoisotopic (exact) mass is 367 g/mol. The van der Waals surface area contributed by atoms with Crippen LogP contribution in [0.5, 0.6) is 5.75 Å². The van der Waals surface area contributed by atoms with E-state index in [1.54, 1.807) is 25.1 Å². The molecule has 130 valence electrons. The van der Waals surface area contributed by atoms with Gasteiger partial charge < -0.3 is 10.1 Å². The first kappa shape index (κ1) is 16.5. The predicted molar refractivity (Wildman–Crippen MR) is 95.6 cm³/mol. The number of carbonyl (C=O) groups excluding carboxylic acids is 1. The van der Waals surface area contributed by atoms with E-state index in [0.717, 1.165) is 37.0 Å². The summed E-state index contributed by atoms with van der Waals surface area (Å²) < 4.78 is 5.77. The number of ether oxygens (including phenoxy) is 1. The van der Waals surface area contributed by atoms with Crippen LogP contribution in [0.1, 0.15) is 45.4 Å². The minimum absolute atomic E-state index is 0.00719. The number of hydrogen-bond acceptors (Lipinski definition) is 2. The molecule has 1 atom stereocenters. The second-order valence-electron chi connectivity index (χ2n) is 8.02. The van der Waals surface area contributed by atoms with E-state index in [-0.39, 0.29) is 11.4 Å². The normalized spacial score (nSPS) is 34.9. The topological polar surface area (TPSA) is 38.3 Å². The Morgan fingerprint density at radius 2 is 1.75 bits per heavy atom. The maximum absolute atomic E-state index is 12.7. The van der Waals surface area contributed by atoms with Crippen molar-refractivity contribution < 1.29 is 9.53 Å². The molecule has 0 aliphatic heterocycles. The number of carbonyl (C=O) groups is 1. The van der Waals surface area contributed by atoms with Crippen LogP contribution in [0.4, 0.5) is 0 Å². The van der Waals surface area contributed by atoms with Gasteiger partial charge in [0.15, 0.2) is 6.10 Å². The summed E-state index contributed by atoms with van der Waals surface area (Å²) in [6.07, 6.45) is 6.93. The highest BCUT2D eigenvalue weighted by molar-refractivity contribution is 6.35. The second-order valence-corrected chi connectivity index (χ2v) is 8.87. The van der Waals surface area contributed by atoms with Crippen LogP contribution in [0.25, 0.3) is 0 Å². The van der Waals surface area contributed by atoms with Crippen molar-refractivity contribution in [1.29, 1.82) is 0 Å². The molecule has 4 bridgehead atoms. The average Bonchev–Trinajstić information content (AvgIpc) is 2.48. The van der Waals surface area contributed by atoms with Crippen molar-refractivity contribution in [2.45, 2.75) is 57.1 Å². The fourth-order valence-electron chi connectivity index (χ4n) is 5.44. The van der Waals surface area contributed by atoms with Crippen molar-refractivity contribution in [3.63, 3.8) is 0 Å². The zero-order valence-corrected chi connectivity index (χ0v) is 15.4. The van der Waals surface area contributed by atoms with E-state index in [9.17, 15) is 4.79 Å². The molecule has 0 radical (unpaired) electrons. The summed E-state index contributed by atoms with van der Waals surface area (Å²) in [5.41, 5.74) is 0.00719. The van der Waals surface area contributed by atoms with Crippen molar-refractivity contribution in [1.82, 2.24) is 5.32 Å². The summed E-state index contributed by atoms with van der Waals surface area (Å²) in [7, 11) is 0. The molecule has 24 heavy (non-hydrogen) atoms. The summed E-state index contributed by atoms with van der Waals surface area (Å²) in [5.74, 6) is 2.87. The summed E-state index contributed by atoms with van der Waals surface area (Å²) in [5, 5.41) is 4.32. The summed E-state index contributed by atoms with van der Waals surface area (Å²) in [4.78, 5) is 12.7. The second kappa shape index (κ2) is 6.10. The molecule has 0 aromatic heterocycles. The third-order valence-corrected chi connectivity index (χ3v) is 6.52. The van der Waals surface area contributed by atoms with Gasteiger partial charge in [-0.1, -0.05) is 23.2 Å². The third-order valence-electron chi connectivity index (χ3n) is 5.99. The zero-order chi connectivity index (χ0) is 16.9. The van der Waals surface area contributed by atoms with Gasteiger partial charge in [0.1, 0.15) is 5.75 Å². The number of nitrogens with one attached hydrogen (secondary N) is 1. The first-order valence-corrected chi connectivity index (χ1v) is 9.62. The van der Waals surface area contributed by atoms with Crippen molar-refractivity contribution >= 4 is 29.1 Å². The number of amides is 1. The molecular weight excluding hydrogens is 345 g/mol. The fraction of sp³-hybridized carbons (Fsp3) is 0.632. The largest absolute Gasteiger partial charge is 0.479 e. The lowest BCUT2D eigenvalue weighted by Crippen LogP contribution is -2.61. The molecule has 0 unspecified atom stereocenters. The van der Waals surface area contributed by atoms with Gasteiger partial charge in [-0.2, -0.15) is 0 Å². The average molecular weight is 368 g/mol. The van der Waals surface area contributed by atoms with E-state index in [0.29, 0.717) is 15.8 Å². The molecule has 0 saturated heterocycles. The molecule has 1 amide bonds. The molecule has 4 aliphatic carbocycles. The molecule has 5 heteroatoms. The van der Waals surface area contributed by atoms with Crippen LogP contribution < -0.4 is 10.1 Å². The Kier molecular flexibility index (Phi) is 4.20. The highest BCUT2D eigenvalue weighted by Crippen LogP contribution is 2.55. The molecule has 4 aliphatic rings. The van der Waals surface area contributed by atoms with Crippen LogP contribution in [0, 0.1) is 17.8 Å². The molecule has 5 rings (SSSR count). The summed E-state index contributed by atoms with van der Waals surface area (Å²) >= 11 is 12.0. The maximum atomic E-state index is 12.7. The third kappa shape index (κ3) is 3.13. The van der Waals surface area contributed by atoms with Crippen molar-refractivity contribution in [3.8, 4) is 5.75 Å². The van der Waals surface area contributed by atoms with Crippen LogP contribution in [0.15, 0.2) is 18.2 Å². The minimum atomic E-state index is -0.573. The lowest BCUT2D eigenvalue weighted by molar-refractivity contribution is -0.133. The smallest absolute Gasteiger partial charge is 0.261 e. The van der Waals surface area contributed by atoms with Gasteiger partial charge in [0.2, 0.25) is 0 Å². The number of rotatable bonds is 4. The molecule has 1 aromatic rings. The van der Waals surface area contributed by atoms with Gasteiger partial charge >= 0.3 is 0 Å². The Hall–Kier alpha value is -0.930. The van der Waals surface area contributed by atoms with Crippen molar-refractivity contribution in [2.75, 3.05) is 0 Å². The molecule has 4 saturated carbocycles. The molecule has 0 heterocycles. The number of halogens is 2. The Morgan fingerprint density at radius 1 is 1.17 bits per heavy atom. The van der Waals surface area contributed by atoms with E-state index in [2.05, 4.69) is 5.32 Å². The van der Waals surface area contributed by atoms with Gasteiger partial charge in [-0.25, -0.2) is 0 Å². The number of benzene rings is 1. The Morgan fingerprint density at radius 3 is 2.29 bits per heavy atom.